The molecule has 3 amide bonds. The zero-order valence-corrected chi connectivity index (χ0v) is 32.4. The standard InChI is InChI=1S/C39H51N11O4/c1-37(2,3)30-23-31(42-33(41-30)34(52)40-17-18-47(6)7)43-36(53)44-39(25-51)16-15-29(27-11-9-10-12-28(27)39)54-26-13-14-32-45-46-35(50(32)24-26)38(4,5)49-21-19-48(8)20-22-49/h9-16,23-25,29H,17-22H2,1-8H3,(H,40,52)(H2,41,42,43,44,53)/t29-,39-/m1/s1. The van der Waals surface area contributed by atoms with Crippen LogP contribution in [0.25, 0.3) is 5.65 Å². The summed E-state index contributed by atoms with van der Waals surface area (Å²) in [5.41, 5.74) is 0.228. The number of piperazine rings is 1. The minimum atomic E-state index is -1.51. The number of hydrogen-bond donors (Lipinski definition) is 3. The van der Waals surface area contributed by atoms with Gasteiger partial charge in [-0.3, -0.25) is 24.2 Å². The molecule has 0 saturated carbocycles. The number of carbonyl (C=O) groups is 3. The molecule has 54 heavy (non-hydrogen) atoms. The SMILES string of the molecule is CN(C)CCNC(=O)c1nc(NC(=O)N[C@@]2(C=O)C=C[C@@H](Oc3ccc4nnc(C(C)(C)N5CCN(C)CC5)n4c3)c3ccccc32)cc(C(C)(C)C)n1. The molecule has 0 unspecified atom stereocenters. The molecule has 15 nitrogen and oxygen atoms in total. The van der Waals surface area contributed by atoms with Gasteiger partial charge in [0.15, 0.2) is 17.8 Å². The molecule has 1 aromatic carbocycles. The number of aldehydes is 1. The van der Waals surface area contributed by atoms with E-state index < -0.39 is 29.0 Å². The van der Waals surface area contributed by atoms with E-state index in [1.807, 2.05) is 80.7 Å². The lowest BCUT2D eigenvalue weighted by Gasteiger charge is -2.42. The van der Waals surface area contributed by atoms with Gasteiger partial charge in [-0.15, -0.1) is 10.2 Å². The summed E-state index contributed by atoms with van der Waals surface area (Å²) >= 11 is 0. The average molecular weight is 738 g/mol. The topological polar surface area (TPSA) is 162 Å². The van der Waals surface area contributed by atoms with Gasteiger partial charge < -0.3 is 25.2 Å². The number of aromatic nitrogens is 5. The fourth-order valence-corrected chi connectivity index (χ4v) is 6.71. The molecule has 1 fully saturated rings. The first kappa shape index (κ1) is 38.5. The van der Waals surface area contributed by atoms with Crippen molar-refractivity contribution in [1.29, 1.82) is 0 Å². The lowest BCUT2D eigenvalue weighted by atomic mass is 9.81. The Hall–Kier alpha value is -5.25. The normalized spacial score (nSPS) is 19.4. The van der Waals surface area contributed by atoms with Gasteiger partial charge in [0.1, 0.15) is 23.2 Å². The van der Waals surface area contributed by atoms with Crippen LogP contribution >= 0.6 is 0 Å². The van der Waals surface area contributed by atoms with E-state index >= 15 is 0 Å². The monoisotopic (exact) mass is 737 g/mol. The maximum Gasteiger partial charge on any atom is 0.321 e. The number of nitrogens with one attached hydrogen (secondary N) is 3. The van der Waals surface area contributed by atoms with Crippen LogP contribution in [0.3, 0.4) is 0 Å². The Morgan fingerprint density at radius 1 is 1.02 bits per heavy atom. The van der Waals surface area contributed by atoms with Crippen LogP contribution in [0, 0.1) is 0 Å². The van der Waals surface area contributed by atoms with Crippen LogP contribution in [-0.4, -0.2) is 118 Å². The lowest BCUT2D eigenvalue weighted by Crippen LogP contribution is -2.52. The van der Waals surface area contributed by atoms with Crippen molar-refractivity contribution in [2.75, 3.05) is 65.7 Å². The highest BCUT2D eigenvalue weighted by atomic mass is 16.5. The quantitative estimate of drug-likeness (QED) is 0.153. The number of rotatable bonds is 11. The average Bonchev–Trinajstić information content (AvgIpc) is 3.56. The molecule has 2 aliphatic rings. The van der Waals surface area contributed by atoms with Gasteiger partial charge in [-0.1, -0.05) is 45.0 Å². The highest BCUT2D eigenvalue weighted by Gasteiger charge is 2.39. The van der Waals surface area contributed by atoms with E-state index in [2.05, 4.69) is 66.8 Å². The van der Waals surface area contributed by atoms with E-state index in [1.165, 1.54) is 0 Å². The third kappa shape index (κ3) is 8.12. The second-order valence-corrected chi connectivity index (χ2v) is 15.8. The number of fused-ring (bicyclic) bond motifs is 2. The van der Waals surface area contributed by atoms with Crippen LogP contribution < -0.4 is 20.7 Å². The molecular formula is C39H51N11O4. The lowest BCUT2D eigenvalue weighted by molar-refractivity contribution is -0.111. The van der Waals surface area contributed by atoms with Crippen molar-refractivity contribution in [1.82, 2.24) is 49.9 Å². The van der Waals surface area contributed by atoms with Crippen LogP contribution in [0.4, 0.5) is 10.6 Å². The zero-order valence-electron chi connectivity index (χ0n) is 32.4. The van der Waals surface area contributed by atoms with Gasteiger partial charge in [0.25, 0.3) is 5.91 Å². The fraction of sp³-hybridized carbons (Fsp3) is 0.462. The van der Waals surface area contributed by atoms with Crippen molar-refractivity contribution in [2.45, 2.75) is 57.2 Å². The van der Waals surface area contributed by atoms with Crippen molar-refractivity contribution in [3.05, 3.63) is 89.3 Å². The van der Waals surface area contributed by atoms with Crippen LogP contribution in [0.1, 0.15) is 74.0 Å². The number of urea groups is 1. The molecule has 2 atom stereocenters. The van der Waals surface area contributed by atoms with E-state index in [1.54, 1.807) is 24.3 Å². The van der Waals surface area contributed by atoms with Crippen LogP contribution in [0.2, 0.25) is 0 Å². The Kier molecular flexibility index (Phi) is 10.9. The van der Waals surface area contributed by atoms with E-state index in [4.69, 9.17) is 4.74 Å². The summed E-state index contributed by atoms with van der Waals surface area (Å²) in [5.74, 6) is 1.01. The van der Waals surface area contributed by atoms with Crippen LogP contribution in [0.15, 0.2) is 60.8 Å². The molecule has 0 bridgehead atoms. The Bertz CT molecular complexity index is 2050. The number of nitrogens with zero attached hydrogens (tertiary/aromatic N) is 8. The summed E-state index contributed by atoms with van der Waals surface area (Å²) in [4.78, 5) is 55.1. The largest absolute Gasteiger partial charge is 0.480 e. The maximum absolute atomic E-state index is 13.6. The van der Waals surface area contributed by atoms with E-state index in [9.17, 15) is 14.4 Å². The molecule has 3 N–H and O–H groups in total. The Morgan fingerprint density at radius 3 is 2.46 bits per heavy atom. The van der Waals surface area contributed by atoms with Gasteiger partial charge in [0, 0.05) is 56.3 Å². The Labute approximate surface area is 316 Å². The minimum Gasteiger partial charge on any atom is -0.480 e. The molecule has 0 radical (unpaired) electrons. The molecular weight excluding hydrogens is 687 g/mol. The van der Waals surface area contributed by atoms with Crippen molar-refractivity contribution in [2.24, 2.45) is 0 Å². The molecule has 286 valence electrons. The predicted molar refractivity (Wildman–Crippen MR) is 206 cm³/mol. The van der Waals surface area contributed by atoms with Gasteiger partial charge in [0.2, 0.25) is 5.82 Å². The molecule has 4 heterocycles. The van der Waals surface area contributed by atoms with Gasteiger partial charge in [0.05, 0.1) is 17.4 Å². The smallest absolute Gasteiger partial charge is 0.321 e. The first-order valence-electron chi connectivity index (χ1n) is 18.2. The third-order valence-corrected chi connectivity index (χ3v) is 10.0. The Morgan fingerprint density at radius 2 is 1.76 bits per heavy atom. The third-order valence-electron chi connectivity index (χ3n) is 10.0. The van der Waals surface area contributed by atoms with Crippen LogP contribution in [-0.2, 0) is 21.3 Å². The second kappa shape index (κ2) is 15.2. The number of anilines is 1. The molecule has 6 rings (SSSR count). The van der Waals surface area contributed by atoms with Gasteiger partial charge >= 0.3 is 6.03 Å². The maximum atomic E-state index is 13.6. The summed E-state index contributed by atoms with van der Waals surface area (Å²) in [6.07, 6.45) is 5.43. The molecule has 1 aliphatic carbocycles. The highest BCUT2D eigenvalue weighted by Crippen LogP contribution is 2.37. The number of pyridine rings is 1. The van der Waals surface area contributed by atoms with Crippen molar-refractivity contribution in [3.63, 3.8) is 0 Å². The van der Waals surface area contributed by atoms with Crippen molar-refractivity contribution in [3.8, 4) is 5.75 Å². The molecule has 3 aromatic heterocycles. The highest BCUT2D eigenvalue weighted by molar-refractivity contribution is 5.94. The minimum absolute atomic E-state index is 0.0656. The fourth-order valence-electron chi connectivity index (χ4n) is 6.71. The zero-order chi connectivity index (χ0) is 38.8. The van der Waals surface area contributed by atoms with Crippen LogP contribution in [0.5, 0.6) is 5.75 Å². The Balaban J connectivity index is 1.22. The molecule has 1 aliphatic heterocycles. The van der Waals surface area contributed by atoms with Gasteiger partial charge in [-0.05, 0) is 64.8 Å². The summed E-state index contributed by atoms with van der Waals surface area (Å²) < 4.78 is 8.54. The summed E-state index contributed by atoms with van der Waals surface area (Å²) in [6, 6.07) is 12.0. The molecule has 15 heteroatoms. The number of ether oxygens (including phenoxy) is 1. The summed E-state index contributed by atoms with van der Waals surface area (Å²) in [6.45, 7) is 15.1. The predicted octanol–water partition coefficient (Wildman–Crippen LogP) is 3.50. The summed E-state index contributed by atoms with van der Waals surface area (Å²) in [5, 5.41) is 17.4. The molecule has 1 saturated heterocycles. The number of carbonyl (C=O) groups excluding carboxylic acids is 3. The van der Waals surface area contributed by atoms with E-state index in [-0.39, 0.29) is 17.2 Å². The number of benzene rings is 1. The molecule has 4 aromatic rings. The number of amides is 3. The van der Waals surface area contributed by atoms with Crippen molar-refractivity contribution >= 4 is 29.7 Å². The first-order valence-corrected chi connectivity index (χ1v) is 18.2. The first-order chi connectivity index (χ1) is 25.6. The van der Waals surface area contributed by atoms with Gasteiger partial charge in [-0.25, -0.2) is 14.8 Å². The molecule has 0 spiro atoms. The van der Waals surface area contributed by atoms with E-state index in [0.29, 0.717) is 47.6 Å². The number of likely N-dealkylation sites (N-methyl/N-ethyl adjacent to an activating group) is 2. The summed E-state index contributed by atoms with van der Waals surface area (Å²) in [7, 11) is 5.96. The van der Waals surface area contributed by atoms with Gasteiger partial charge in [-0.2, -0.15) is 0 Å². The number of hydrogen-bond acceptors (Lipinski definition) is 11. The van der Waals surface area contributed by atoms with E-state index in [0.717, 1.165) is 32.0 Å². The second-order valence-electron chi connectivity index (χ2n) is 15.8. The van der Waals surface area contributed by atoms with Crippen molar-refractivity contribution < 1.29 is 19.1 Å².